The van der Waals surface area contributed by atoms with Crippen LogP contribution in [0.1, 0.15) is 19.4 Å². The van der Waals surface area contributed by atoms with E-state index in [1.165, 1.54) is 0 Å². The van der Waals surface area contributed by atoms with Crippen LogP contribution in [0.5, 0.6) is 0 Å². The Morgan fingerprint density at radius 2 is 1.80 bits per heavy atom. The van der Waals surface area contributed by atoms with Gasteiger partial charge in [-0.3, -0.25) is 0 Å². The molecule has 0 radical (unpaired) electrons. The number of fused-ring (bicyclic) bond motifs is 1. The molecule has 0 atom stereocenters. The van der Waals surface area contributed by atoms with Crippen LogP contribution in [-0.4, -0.2) is 0 Å². The second-order valence-corrected chi connectivity index (χ2v) is 4.81. The fourth-order valence-corrected chi connectivity index (χ4v) is 1.93. The zero-order valence-electron chi connectivity index (χ0n) is 8.92. The van der Waals surface area contributed by atoms with Crippen molar-refractivity contribution < 1.29 is 0 Å². The first-order chi connectivity index (χ1) is 6.98. The van der Waals surface area contributed by atoms with E-state index in [2.05, 4.69) is 12.1 Å². The summed E-state index contributed by atoms with van der Waals surface area (Å²) in [6.07, 6.45) is 0. The Labute approximate surface area is 94.9 Å². The predicted molar refractivity (Wildman–Crippen MR) is 66.2 cm³/mol. The highest BCUT2D eigenvalue weighted by atomic mass is 35.5. The van der Waals surface area contributed by atoms with Crippen molar-refractivity contribution in [3.05, 3.63) is 47.0 Å². The minimum absolute atomic E-state index is 0.354. The van der Waals surface area contributed by atoms with Crippen molar-refractivity contribution >= 4 is 22.4 Å². The van der Waals surface area contributed by atoms with Gasteiger partial charge in [-0.15, -0.1) is 0 Å². The van der Waals surface area contributed by atoms with Gasteiger partial charge in [-0.2, -0.15) is 0 Å². The maximum atomic E-state index is 6.21. The predicted octanol–water partition coefficient (Wildman–Crippen LogP) is 3.69. The minimum atomic E-state index is -0.354. The molecule has 0 aliphatic rings. The molecule has 0 saturated carbocycles. The Hall–Kier alpha value is -1.05. The van der Waals surface area contributed by atoms with E-state index < -0.39 is 0 Å². The number of hydrogen-bond acceptors (Lipinski definition) is 1. The summed E-state index contributed by atoms with van der Waals surface area (Å²) in [5, 5.41) is 2.98. The monoisotopic (exact) mass is 219 g/mol. The fourth-order valence-electron chi connectivity index (χ4n) is 1.64. The van der Waals surface area contributed by atoms with Crippen LogP contribution in [0.4, 0.5) is 0 Å². The molecule has 0 saturated heterocycles. The molecule has 2 heteroatoms. The zero-order chi connectivity index (χ0) is 11.1. The molecular weight excluding hydrogens is 206 g/mol. The van der Waals surface area contributed by atoms with Gasteiger partial charge in [0.1, 0.15) is 0 Å². The maximum absolute atomic E-state index is 6.21. The summed E-state index contributed by atoms with van der Waals surface area (Å²) in [5.74, 6) is 0. The molecule has 0 spiro atoms. The largest absolute Gasteiger partial charge is 0.322 e. The van der Waals surface area contributed by atoms with Crippen LogP contribution in [0.25, 0.3) is 10.8 Å². The highest BCUT2D eigenvalue weighted by Gasteiger charge is 2.15. The molecule has 0 amide bonds. The molecule has 15 heavy (non-hydrogen) atoms. The van der Waals surface area contributed by atoms with Gasteiger partial charge in [0.15, 0.2) is 0 Å². The highest BCUT2D eigenvalue weighted by molar-refractivity contribution is 6.35. The third-order valence-corrected chi connectivity index (χ3v) is 2.87. The average molecular weight is 220 g/mol. The molecule has 0 fully saturated rings. The topological polar surface area (TPSA) is 26.0 Å². The van der Waals surface area contributed by atoms with E-state index in [0.29, 0.717) is 0 Å². The summed E-state index contributed by atoms with van der Waals surface area (Å²) < 4.78 is 0. The van der Waals surface area contributed by atoms with Crippen LogP contribution in [-0.2, 0) is 5.54 Å². The van der Waals surface area contributed by atoms with Crippen molar-refractivity contribution in [2.24, 2.45) is 5.73 Å². The first-order valence-corrected chi connectivity index (χ1v) is 5.34. The van der Waals surface area contributed by atoms with Gasteiger partial charge < -0.3 is 5.73 Å². The third-order valence-electron chi connectivity index (χ3n) is 2.56. The number of benzene rings is 2. The highest BCUT2D eigenvalue weighted by Crippen LogP contribution is 2.29. The maximum Gasteiger partial charge on any atom is 0.0487 e. The van der Waals surface area contributed by atoms with Crippen molar-refractivity contribution in [2.75, 3.05) is 0 Å². The Balaban J connectivity index is 2.73. The Kier molecular flexibility index (Phi) is 2.45. The molecule has 2 aromatic rings. The minimum Gasteiger partial charge on any atom is -0.322 e. The molecule has 0 aromatic heterocycles. The van der Waals surface area contributed by atoms with E-state index in [1.807, 2.05) is 38.1 Å². The van der Waals surface area contributed by atoms with E-state index in [-0.39, 0.29) is 5.54 Å². The molecule has 0 bridgehead atoms. The first-order valence-electron chi connectivity index (χ1n) is 4.96. The summed E-state index contributed by atoms with van der Waals surface area (Å²) in [7, 11) is 0. The number of nitrogens with two attached hydrogens (primary N) is 1. The summed E-state index contributed by atoms with van der Waals surface area (Å²) in [4.78, 5) is 0. The molecule has 2 aromatic carbocycles. The first kappa shape index (κ1) is 10.5. The van der Waals surface area contributed by atoms with E-state index >= 15 is 0 Å². The lowest BCUT2D eigenvalue weighted by Gasteiger charge is -2.20. The zero-order valence-corrected chi connectivity index (χ0v) is 9.68. The summed E-state index contributed by atoms with van der Waals surface area (Å²) >= 11 is 6.21. The molecule has 0 aliphatic carbocycles. The lowest BCUT2D eigenvalue weighted by Crippen LogP contribution is -2.28. The fraction of sp³-hybridized carbons (Fsp3) is 0.231. The van der Waals surface area contributed by atoms with Crippen molar-refractivity contribution in [1.29, 1.82) is 0 Å². The molecular formula is C13H14ClN. The molecule has 2 rings (SSSR count). The number of hydrogen-bond donors (Lipinski definition) is 1. The van der Waals surface area contributed by atoms with E-state index in [1.54, 1.807) is 0 Å². The number of rotatable bonds is 1. The van der Waals surface area contributed by atoms with Crippen LogP contribution >= 0.6 is 11.6 Å². The third kappa shape index (κ3) is 1.99. The van der Waals surface area contributed by atoms with E-state index in [0.717, 1.165) is 21.4 Å². The van der Waals surface area contributed by atoms with Gasteiger partial charge in [0, 0.05) is 15.9 Å². The lowest BCUT2D eigenvalue weighted by atomic mass is 9.93. The molecule has 0 aliphatic heterocycles. The summed E-state index contributed by atoms with van der Waals surface area (Å²) in [6, 6.07) is 12.1. The Morgan fingerprint density at radius 1 is 1.13 bits per heavy atom. The van der Waals surface area contributed by atoms with Crippen molar-refractivity contribution in [1.82, 2.24) is 0 Å². The van der Waals surface area contributed by atoms with Gasteiger partial charge in [0.25, 0.3) is 0 Å². The standard InChI is InChI=1S/C13H14ClN/c1-13(2,15)10-7-9-5-3-4-6-11(9)12(14)8-10/h3-8H,15H2,1-2H3. The second-order valence-electron chi connectivity index (χ2n) is 4.40. The second kappa shape index (κ2) is 3.51. The van der Waals surface area contributed by atoms with E-state index in [9.17, 15) is 0 Å². The van der Waals surface area contributed by atoms with Crippen LogP contribution in [0, 0.1) is 0 Å². The van der Waals surface area contributed by atoms with Crippen molar-refractivity contribution in [3.63, 3.8) is 0 Å². The molecule has 0 unspecified atom stereocenters. The van der Waals surface area contributed by atoms with Gasteiger partial charge in [-0.25, -0.2) is 0 Å². The molecule has 1 nitrogen and oxygen atoms in total. The van der Waals surface area contributed by atoms with Crippen LogP contribution in [0.2, 0.25) is 5.02 Å². The Morgan fingerprint density at radius 3 is 2.47 bits per heavy atom. The average Bonchev–Trinajstić information content (AvgIpc) is 2.16. The summed E-state index contributed by atoms with van der Waals surface area (Å²) in [6.45, 7) is 3.96. The van der Waals surface area contributed by atoms with Gasteiger partial charge in [0.2, 0.25) is 0 Å². The van der Waals surface area contributed by atoms with Crippen molar-refractivity contribution in [3.8, 4) is 0 Å². The summed E-state index contributed by atoms with van der Waals surface area (Å²) in [5.41, 5.74) is 6.77. The quantitative estimate of drug-likeness (QED) is 0.778. The van der Waals surface area contributed by atoms with Gasteiger partial charge >= 0.3 is 0 Å². The van der Waals surface area contributed by atoms with Gasteiger partial charge in [0.05, 0.1) is 0 Å². The van der Waals surface area contributed by atoms with Gasteiger partial charge in [-0.1, -0.05) is 35.9 Å². The number of halogens is 1. The van der Waals surface area contributed by atoms with Crippen molar-refractivity contribution in [2.45, 2.75) is 19.4 Å². The van der Waals surface area contributed by atoms with Gasteiger partial charge in [-0.05, 0) is 36.9 Å². The molecule has 78 valence electrons. The SMILES string of the molecule is CC(C)(N)c1cc(Cl)c2ccccc2c1. The normalized spacial score (nSPS) is 12.0. The smallest absolute Gasteiger partial charge is 0.0487 e. The molecule has 2 N–H and O–H groups in total. The lowest BCUT2D eigenvalue weighted by molar-refractivity contribution is 0.555. The van der Waals surface area contributed by atoms with Crippen LogP contribution < -0.4 is 5.73 Å². The Bertz CT molecular complexity index is 497. The van der Waals surface area contributed by atoms with Crippen LogP contribution in [0.15, 0.2) is 36.4 Å². The van der Waals surface area contributed by atoms with Crippen LogP contribution in [0.3, 0.4) is 0 Å². The molecule has 0 heterocycles. The van der Waals surface area contributed by atoms with E-state index in [4.69, 9.17) is 17.3 Å².